The lowest BCUT2D eigenvalue weighted by Gasteiger charge is -2.35. The number of nitrogens with zero attached hydrogens (tertiary/aromatic N) is 2. The summed E-state index contributed by atoms with van der Waals surface area (Å²) in [6.07, 6.45) is 0.191. The van der Waals surface area contributed by atoms with E-state index >= 15 is 0 Å². The van der Waals surface area contributed by atoms with Gasteiger partial charge in [0.25, 0.3) is 10.0 Å². The molecule has 0 aliphatic carbocycles. The van der Waals surface area contributed by atoms with Gasteiger partial charge in [0, 0.05) is 33.6 Å². The van der Waals surface area contributed by atoms with Gasteiger partial charge < -0.3 is 10.2 Å². The molecule has 2 amide bonds. The topological polar surface area (TPSA) is 86.8 Å². The predicted molar refractivity (Wildman–Crippen MR) is 181 cm³/mol. The van der Waals surface area contributed by atoms with Crippen molar-refractivity contribution in [3.05, 3.63) is 129 Å². The van der Waals surface area contributed by atoms with Gasteiger partial charge in [-0.3, -0.25) is 13.9 Å². The Morgan fingerprint density at radius 3 is 1.87 bits per heavy atom. The Bertz CT molecular complexity index is 1710. The molecule has 0 aliphatic heterocycles. The van der Waals surface area contributed by atoms with Crippen LogP contribution in [0.5, 0.6) is 0 Å². The van der Waals surface area contributed by atoms with Crippen molar-refractivity contribution in [1.29, 1.82) is 0 Å². The fourth-order valence-electron chi connectivity index (χ4n) is 4.73. The molecule has 0 fully saturated rings. The van der Waals surface area contributed by atoms with Crippen molar-refractivity contribution in [2.45, 2.75) is 50.2 Å². The van der Waals surface area contributed by atoms with Crippen molar-refractivity contribution in [1.82, 2.24) is 10.2 Å². The average Bonchev–Trinajstić information content (AvgIpc) is 2.98. The van der Waals surface area contributed by atoms with Crippen molar-refractivity contribution in [3.8, 4) is 0 Å². The summed E-state index contributed by atoms with van der Waals surface area (Å²) >= 11 is 18.7. The lowest BCUT2D eigenvalue weighted by molar-refractivity contribution is -0.140. The summed E-state index contributed by atoms with van der Waals surface area (Å²) in [6.45, 7) is 4.95. The molecule has 0 radical (unpaired) electrons. The average molecular weight is 687 g/mol. The number of hydrogen-bond acceptors (Lipinski definition) is 4. The van der Waals surface area contributed by atoms with E-state index in [2.05, 4.69) is 5.32 Å². The number of sulfonamides is 1. The van der Waals surface area contributed by atoms with Crippen LogP contribution in [0.3, 0.4) is 0 Å². The fourth-order valence-corrected chi connectivity index (χ4v) is 6.78. The third-order valence-corrected chi connectivity index (χ3v) is 9.26. The molecule has 11 heteroatoms. The number of hydrogen-bond donors (Lipinski definition) is 1. The number of nitrogens with one attached hydrogen (secondary N) is 1. The summed E-state index contributed by atoms with van der Waals surface area (Å²) in [7, 11) is -4.28. The molecule has 0 saturated heterocycles. The molecule has 45 heavy (non-hydrogen) atoms. The molecule has 0 unspecified atom stereocenters. The molecule has 1 N–H and O–H groups in total. The molecular weight excluding hydrogens is 653 g/mol. The minimum absolute atomic E-state index is 0.0145. The first-order valence-electron chi connectivity index (χ1n) is 14.2. The number of rotatable bonds is 11. The Labute approximate surface area is 279 Å². The van der Waals surface area contributed by atoms with E-state index in [0.717, 1.165) is 9.87 Å². The van der Waals surface area contributed by atoms with Crippen LogP contribution in [0, 0.1) is 0 Å². The van der Waals surface area contributed by atoms with Crippen LogP contribution in [0.4, 0.5) is 5.69 Å². The fraction of sp³-hybridized carbons (Fsp3) is 0.235. The number of amides is 2. The first kappa shape index (κ1) is 34.3. The monoisotopic (exact) mass is 685 g/mol. The Morgan fingerprint density at radius 2 is 1.31 bits per heavy atom. The van der Waals surface area contributed by atoms with Crippen LogP contribution >= 0.6 is 34.8 Å². The second kappa shape index (κ2) is 14.7. The quantitative estimate of drug-likeness (QED) is 0.178. The number of carbonyl (C=O) groups excluding carboxylic acids is 2. The SMILES string of the molecule is CC(C)(C)NC(=O)[C@H](Cc1ccccc1)N(Cc1ccc(Cl)cc1)C(=O)CN(c1cc(Cl)cc(Cl)c1)S(=O)(=O)c1ccccc1. The number of anilines is 1. The molecule has 236 valence electrons. The zero-order valence-electron chi connectivity index (χ0n) is 25.1. The summed E-state index contributed by atoms with van der Waals surface area (Å²) in [5, 5.41) is 3.91. The third-order valence-electron chi connectivity index (χ3n) is 6.78. The maximum atomic E-state index is 14.5. The Morgan fingerprint density at radius 1 is 0.756 bits per heavy atom. The highest BCUT2D eigenvalue weighted by Crippen LogP contribution is 2.30. The number of benzene rings is 4. The highest BCUT2D eigenvalue weighted by atomic mass is 35.5. The van der Waals surface area contributed by atoms with Gasteiger partial charge in [0.05, 0.1) is 10.6 Å². The molecule has 4 rings (SSSR count). The second-order valence-electron chi connectivity index (χ2n) is 11.5. The maximum Gasteiger partial charge on any atom is 0.264 e. The van der Waals surface area contributed by atoms with Crippen molar-refractivity contribution < 1.29 is 18.0 Å². The molecule has 0 aromatic heterocycles. The highest BCUT2D eigenvalue weighted by molar-refractivity contribution is 7.92. The van der Waals surface area contributed by atoms with E-state index in [1.54, 1.807) is 42.5 Å². The van der Waals surface area contributed by atoms with Crippen molar-refractivity contribution in [2.75, 3.05) is 10.8 Å². The van der Waals surface area contributed by atoms with Crippen molar-refractivity contribution in [2.24, 2.45) is 0 Å². The largest absolute Gasteiger partial charge is 0.350 e. The standard InChI is InChI=1S/C34H34Cl3N3O4S/c1-34(2,3)38-33(42)31(18-24-10-6-4-7-11-24)39(22-25-14-16-26(35)17-15-25)32(41)23-40(29-20-27(36)19-28(37)21-29)45(43,44)30-12-8-5-9-13-30/h4-17,19-21,31H,18,22-23H2,1-3H3,(H,38,42)/t31-/m0/s1. The van der Waals surface area contributed by atoms with Gasteiger partial charge >= 0.3 is 0 Å². The lowest BCUT2D eigenvalue weighted by Crippen LogP contribution is -2.56. The molecule has 4 aromatic rings. The molecule has 0 bridgehead atoms. The van der Waals surface area contributed by atoms with Gasteiger partial charge in [-0.1, -0.05) is 95.5 Å². The van der Waals surface area contributed by atoms with Gasteiger partial charge in [0.1, 0.15) is 12.6 Å². The van der Waals surface area contributed by atoms with E-state index < -0.39 is 34.1 Å². The van der Waals surface area contributed by atoms with E-state index in [4.69, 9.17) is 34.8 Å². The van der Waals surface area contributed by atoms with Gasteiger partial charge in [-0.2, -0.15) is 0 Å². The lowest BCUT2D eigenvalue weighted by atomic mass is 10.0. The normalized spacial score (nSPS) is 12.3. The molecule has 1 atom stereocenters. The molecule has 0 saturated carbocycles. The van der Waals surface area contributed by atoms with Gasteiger partial charge in [-0.25, -0.2) is 8.42 Å². The zero-order chi connectivity index (χ0) is 32.8. The van der Waals surface area contributed by atoms with Gasteiger partial charge in [-0.15, -0.1) is 0 Å². The van der Waals surface area contributed by atoms with Crippen LogP contribution in [-0.4, -0.2) is 43.3 Å². The minimum atomic E-state index is -4.28. The molecule has 0 heterocycles. The molecule has 0 spiro atoms. The highest BCUT2D eigenvalue weighted by Gasteiger charge is 2.35. The van der Waals surface area contributed by atoms with E-state index in [1.807, 2.05) is 51.1 Å². The van der Waals surface area contributed by atoms with Crippen LogP contribution in [0.15, 0.2) is 108 Å². The van der Waals surface area contributed by atoms with Gasteiger partial charge in [0.15, 0.2) is 0 Å². The van der Waals surface area contributed by atoms with Gasteiger partial charge in [0.2, 0.25) is 11.8 Å². The van der Waals surface area contributed by atoms with E-state index in [0.29, 0.717) is 10.6 Å². The van der Waals surface area contributed by atoms with Crippen molar-refractivity contribution >= 4 is 62.3 Å². The first-order valence-corrected chi connectivity index (χ1v) is 16.7. The summed E-state index contributed by atoms with van der Waals surface area (Å²) in [5.74, 6) is -0.984. The smallest absolute Gasteiger partial charge is 0.264 e. The van der Waals surface area contributed by atoms with Crippen LogP contribution in [0.1, 0.15) is 31.9 Å². The summed E-state index contributed by atoms with van der Waals surface area (Å²) in [4.78, 5) is 29.8. The molecule has 4 aromatic carbocycles. The first-order chi connectivity index (χ1) is 21.2. The summed E-state index contributed by atoms with van der Waals surface area (Å²) in [5.41, 5.74) is 1.05. The zero-order valence-corrected chi connectivity index (χ0v) is 28.2. The van der Waals surface area contributed by atoms with E-state index in [1.165, 1.54) is 35.2 Å². The van der Waals surface area contributed by atoms with E-state index in [-0.39, 0.29) is 39.5 Å². The predicted octanol–water partition coefficient (Wildman–Crippen LogP) is 7.40. The Balaban J connectivity index is 1.83. The minimum Gasteiger partial charge on any atom is -0.350 e. The second-order valence-corrected chi connectivity index (χ2v) is 14.7. The van der Waals surface area contributed by atoms with Crippen LogP contribution in [0.25, 0.3) is 0 Å². The maximum absolute atomic E-state index is 14.5. The Hall–Kier alpha value is -3.56. The molecular formula is C34H34Cl3N3O4S. The Kier molecular flexibility index (Phi) is 11.2. The van der Waals surface area contributed by atoms with Crippen LogP contribution < -0.4 is 9.62 Å². The number of carbonyl (C=O) groups is 2. The van der Waals surface area contributed by atoms with Crippen LogP contribution in [0.2, 0.25) is 15.1 Å². The van der Waals surface area contributed by atoms with E-state index in [9.17, 15) is 18.0 Å². The van der Waals surface area contributed by atoms with Crippen LogP contribution in [-0.2, 0) is 32.6 Å². The van der Waals surface area contributed by atoms with Crippen molar-refractivity contribution in [3.63, 3.8) is 0 Å². The summed E-state index contributed by atoms with van der Waals surface area (Å²) < 4.78 is 29.1. The molecule has 0 aliphatic rings. The molecule has 7 nitrogen and oxygen atoms in total. The number of halogens is 3. The summed E-state index contributed by atoms with van der Waals surface area (Å²) in [6, 6.07) is 27.4. The van der Waals surface area contributed by atoms with Gasteiger partial charge in [-0.05, 0) is 74.4 Å². The third kappa shape index (κ3) is 9.47.